The van der Waals surface area contributed by atoms with E-state index < -0.39 is 5.97 Å². The Kier molecular flexibility index (Phi) is 6.21. The molecule has 0 unspecified atom stereocenters. The van der Waals surface area contributed by atoms with Gasteiger partial charge in [-0.3, -0.25) is 0 Å². The van der Waals surface area contributed by atoms with Crippen LogP contribution < -0.4 is 0 Å². The molecule has 0 fully saturated rings. The lowest BCUT2D eigenvalue weighted by molar-refractivity contribution is -0.138. The summed E-state index contributed by atoms with van der Waals surface area (Å²) in [6, 6.07) is 8.86. The van der Waals surface area contributed by atoms with Crippen LogP contribution in [0.3, 0.4) is 0 Å². The average Bonchev–Trinajstić information content (AvgIpc) is 2.44. The SMILES string of the molecule is CCOC(=O)/C(=C/c1ccc(C#N)cc1)CSC#N. The molecule has 0 heterocycles. The maximum Gasteiger partial charge on any atom is 0.334 e. The molecule has 0 atom stereocenters. The molecular weight excluding hydrogens is 260 g/mol. The van der Waals surface area contributed by atoms with Crippen molar-refractivity contribution in [2.45, 2.75) is 6.92 Å². The van der Waals surface area contributed by atoms with Gasteiger partial charge in [-0.05, 0) is 42.5 Å². The number of benzene rings is 1. The fraction of sp³-hybridized carbons (Fsp3) is 0.214. The molecule has 0 saturated carbocycles. The van der Waals surface area contributed by atoms with Crippen molar-refractivity contribution in [2.24, 2.45) is 0 Å². The number of thioether (sulfide) groups is 1. The van der Waals surface area contributed by atoms with Gasteiger partial charge in [0.1, 0.15) is 5.40 Å². The van der Waals surface area contributed by atoms with Gasteiger partial charge in [-0.15, -0.1) is 0 Å². The van der Waals surface area contributed by atoms with Crippen LogP contribution in [0.25, 0.3) is 6.08 Å². The Balaban J connectivity index is 2.94. The highest BCUT2D eigenvalue weighted by Crippen LogP contribution is 2.14. The molecular formula is C14H12N2O2S. The van der Waals surface area contributed by atoms with Crippen LogP contribution >= 0.6 is 11.8 Å². The third-order valence-corrected chi connectivity index (χ3v) is 2.79. The summed E-state index contributed by atoms with van der Waals surface area (Å²) in [6.07, 6.45) is 1.67. The second kappa shape index (κ2) is 7.97. The molecule has 0 aliphatic rings. The maximum atomic E-state index is 11.7. The van der Waals surface area contributed by atoms with E-state index in [0.717, 1.165) is 17.3 Å². The summed E-state index contributed by atoms with van der Waals surface area (Å²) in [7, 11) is 0. The van der Waals surface area contributed by atoms with Crippen LogP contribution in [0.1, 0.15) is 18.1 Å². The minimum Gasteiger partial charge on any atom is -0.463 e. The van der Waals surface area contributed by atoms with Gasteiger partial charge in [-0.1, -0.05) is 12.1 Å². The highest BCUT2D eigenvalue weighted by molar-refractivity contribution is 8.03. The number of hydrogen-bond acceptors (Lipinski definition) is 5. The summed E-state index contributed by atoms with van der Waals surface area (Å²) in [4.78, 5) is 11.7. The van der Waals surface area contributed by atoms with E-state index in [1.165, 1.54) is 0 Å². The number of thiocyanates is 1. The minimum absolute atomic E-state index is 0.273. The van der Waals surface area contributed by atoms with E-state index in [4.69, 9.17) is 15.3 Å². The Labute approximate surface area is 116 Å². The van der Waals surface area contributed by atoms with Crippen LogP contribution in [-0.2, 0) is 9.53 Å². The second-order valence-corrected chi connectivity index (χ2v) is 4.26. The van der Waals surface area contributed by atoms with E-state index in [1.807, 2.05) is 11.5 Å². The fourth-order valence-electron chi connectivity index (χ4n) is 1.35. The van der Waals surface area contributed by atoms with E-state index in [-0.39, 0.29) is 5.75 Å². The number of esters is 1. The van der Waals surface area contributed by atoms with Gasteiger partial charge in [0.05, 0.1) is 18.2 Å². The van der Waals surface area contributed by atoms with Crippen molar-refractivity contribution in [3.8, 4) is 11.5 Å². The summed E-state index contributed by atoms with van der Waals surface area (Å²) in [6.45, 7) is 2.02. The Bertz CT molecular complexity index is 550. The van der Waals surface area contributed by atoms with Crippen LogP contribution in [0.2, 0.25) is 0 Å². The van der Waals surface area contributed by atoms with Crippen LogP contribution in [0, 0.1) is 22.0 Å². The minimum atomic E-state index is -0.422. The molecule has 96 valence electrons. The van der Waals surface area contributed by atoms with Crippen molar-refractivity contribution in [1.29, 1.82) is 10.5 Å². The maximum absolute atomic E-state index is 11.7. The Morgan fingerprint density at radius 1 is 1.37 bits per heavy atom. The van der Waals surface area contributed by atoms with E-state index in [9.17, 15) is 4.79 Å². The summed E-state index contributed by atoms with van der Waals surface area (Å²) < 4.78 is 4.94. The van der Waals surface area contributed by atoms with E-state index in [1.54, 1.807) is 37.3 Å². The molecule has 0 saturated heterocycles. The van der Waals surface area contributed by atoms with Crippen molar-refractivity contribution in [3.63, 3.8) is 0 Å². The van der Waals surface area contributed by atoms with Gasteiger partial charge in [-0.25, -0.2) is 4.79 Å². The lowest BCUT2D eigenvalue weighted by atomic mass is 10.1. The zero-order valence-electron chi connectivity index (χ0n) is 10.4. The number of hydrogen-bond donors (Lipinski definition) is 0. The van der Waals surface area contributed by atoms with Gasteiger partial charge in [-0.2, -0.15) is 10.5 Å². The average molecular weight is 272 g/mol. The van der Waals surface area contributed by atoms with Gasteiger partial charge >= 0.3 is 5.97 Å². The van der Waals surface area contributed by atoms with Crippen LogP contribution in [0.4, 0.5) is 0 Å². The Morgan fingerprint density at radius 2 is 2.05 bits per heavy atom. The first-order valence-corrected chi connectivity index (χ1v) is 6.58. The molecule has 1 aromatic rings. The van der Waals surface area contributed by atoms with Crippen molar-refractivity contribution in [2.75, 3.05) is 12.4 Å². The molecule has 0 aliphatic heterocycles. The van der Waals surface area contributed by atoms with Gasteiger partial charge in [0, 0.05) is 11.3 Å². The van der Waals surface area contributed by atoms with Gasteiger partial charge in [0.2, 0.25) is 0 Å². The monoisotopic (exact) mass is 272 g/mol. The molecule has 0 aromatic heterocycles. The van der Waals surface area contributed by atoms with Crippen LogP contribution in [-0.4, -0.2) is 18.3 Å². The number of carbonyl (C=O) groups excluding carboxylic acids is 1. The zero-order valence-corrected chi connectivity index (χ0v) is 11.2. The lowest BCUT2D eigenvalue weighted by Crippen LogP contribution is -2.09. The van der Waals surface area contributed by atoms with Crippen molar-refractivity contribution in [1.82, 2.24) is 0 Å². The van der Waals surface area contributed by atoms with Gasteiger partial charge < -0.3 is 4.74 Å². The molecule has 0 bridgehead atoms. The van der Waals surface area contributed by atoms with E-state index in [2.05, 4.69) is 0 Å². The molecule has 19 heavy (non-hydrogen) atoms. The third kappa shape index (κ3) is 4.87. The molecule has 0 spiro atoms. The first-order chi connectivity index (χ1) is 9.21. The van der Waals surface area contributed by atoms with Crippen molar-refractivity contribution in [3.05, 3.63) is 41.0 Å². The summed E-state index contributed by atoms with van der Waals surface area (Å²) in [5, 5.41) is 19.2. The summed E-state index contributed by atoms with van der Waals surface area (Å²) in [5.41, 5.74) is 1.78. The molecule has 0 amide bonds. The highest BCUT2D eigenvalue weighted by Gasteiger charge is 2.10. The first-order valence-electron chi connectivity index (χ1n) is 5.60. The van der Waals surface area contributed by atoms with Gasteiger partial charge in [0.25, 0.3) is 0 Å². The number of nitrogens with zero attached hydrogens (tertiary/aromatic N) is 2. The third-order valence-electron chi connectivity index (χ3n) is 2.21. The number of carbonyl (C=O) groups is 1. The fourth-order valence-corrected chi connectivity index (χ4v) is 1.77. The quantitative estimate of drug-likeness (QED) is 0.468. The summed E-state index contributed by atoms with van der Waals surface area (Å²) >= 11 is 0.981. The molecule has 0 aliphatic carbocycles. The zero-order chi connectivity index (χ0) is 14.1. The van der Waals surface area contributed by atoms with Gasteiger partial charge in [0.15, 0.2) is 0 Å². The van der Waals surface area contributed by atoms with E-state index in [0.29, 0.717) is 17.7 Å². The smallest absolute Gasteiger partial charge is 0.334 e. The molecule has 0 N–H and O–H groups in total. The van der Waals surface area contributed by atoms with Crippen molar-refractivity contribution >= 4 is 23.8 Å². The number of ether oxygens (including phenoxy) is 1. The molecule has 5 heteroatoms. The second-order valence-electron chi connectivity index (χ2n) is 3.50. The number of rotatable bonds is 5. The van der Waals surface area contributed by atoms with Crippen LogP contribution in [0.5, 0.6) is 0 Å². The molecule has 1 aromatic carbocycles. The number of nitriles is 2. The van der Waals surface area contributed by atoms with Crippen molar-refractivity contribution < 1.29 is 9.53 Å². The Hall–Kier alpha value is -2.24. The lowest BCUT2D eigenvalue weighted by Gasteiger charge is -2.05. The highest BCUT2D eigenvalue weighted by atomic mass is 32.2. The predicted octanol–water partition coefficient (Wildman–Crippen LogP) is 2.72. The largest absolute Gasteiger partial charge is 0.463 e. The molecule has 0 radical (unpaired) electrons. The standard InChI is InChI=1S/C14H12N2O2S/c1-2-18-14(17)13(9-19-10-16)7-11-3-5-12(8-15)6-4-11/h3-7H,2,9H2,1H3/b13-7+. The first kappa shape index (κ1) is 14.8. The Morgan fingerprint density at radius 3 is 2.58 bits per heavy atom. The normalized spacial score (nSPS) is 10.4. The topological polar surface area (TPSA) is 73.9 Å². The molecule has 4 nitrogen and oxygen atoms in total. The van der Waals surface area contributed by atoms with E-state index >= 15 is 0 Å². The predicted molar refractivity (Wildman–Crippen MR) is 73.8 cm³/mol. The molecule has 1 rings (SSSR count). The van der Waals surface area contributed by atoms with Crippen LogP contribution in [0.15, 0.2) is 29.8 Å². The summed E-state index contributed by atoms with van der Waals surface area (Å²) in [5.74, 6) is -0.149.